The van der Waals surface area contributed by atoms with Gasteiger partial charge in [0.05, 0.1) is 5.41 Å². The molecule has 4 aromatic rings. The Kier molecular flexibility index (Phi) is 5.07. The second kappa shape index (κ2) is 7.84. The average molecular weight is 397 g/mol. The van der Waals surface area contributed by atoms with Crippen molar-refractivity contribution in [1.29, 1.82) is 0 Å². The monoisotopic (exact) mass is 397 g/mol. The predicted molar refractivity (Wildman–Crippen MR) is 116 cm³/mol. The van der Waals surface area contributed by atoms with E-state index < -0.39 is 5.41 Å². The molecule has 0 aromatic heterocycles. The summed E-state index contributed by atoms with van der Waals surface area (Å²) in [7, 11) is 0. The van der Waals surface area contributed by atoms with Crippen LogP contribution in [0.25, 0.3) is 0 Å². The Morgan fingerprint density at radius 1 is 0.400 bits per heavy atom. The van der Waals surface area contributed by atoms with Gasteiger partial charge in [-0.2, -0.15) is 0 Å². The molecular weight excluding hydrogens is 376 g/mol. The SMILES string of the molecule is Oc1ccc([CH]C(c2ccc(O)cc2)(c2ccc(O)cc2)c2ccc(O)cc2)cc1. The topological polar surface area (TPSA) is 80.9 Å². The molecule has 4 aromatic carbocycles. The van der Waals surface area contributed by atoms with Crippen molar-refractivity contribution in [3.63, 3.8) is 0 Å². The molecular formula is C26H21O4. The van der Waals surface area contributed by atoms with Crippen molar-refractivity contribution in [2.75, 3.05) is 0 Å². The lowest BCUT2D eigenvalue weighted by Gasteiger charge is -2.36. The van der Waals surface area contributed by atoms with Crippen molar-refractivity contribution in [2.45, 2.75) is 5.41 Å². The number of phenolic OH excluding ortho intramolecular Hbond substituents is 4. The second-order valence-electron chi connectivity index (χ2n) is 7.18. The minimum Gasteiger partial charge on any atom is -0.508 e. The van der Waals surface area contributed by atoms with Crippen LogP contribution in [0.15, 0.2) is 97.1 Å². The van der Waals surface area contributed by atoms with Crippen LogP contribution < -0.4 is 0 Å². The molecule has 0 atom stereocenters. The fourth-order valence-corrected chi connectivity index (χ4v) is 3.74. The van der Waals surface area contributed by atoms with Crippen molar-refractivity contribution in [1.82, 2.24) is 0 Å². The van der Waals surface area contributed by atoms with Crippen LogP contribution in [0, 0.1) is 6.42 Å². The van der Waals surface area contributed by atoms with E-state index in [2.05, 4.69) is 6.42 Å². The molecule has 30 heavy (non-hydrogen) atoms. The molecule has 1 radical (unpaired) electrons. The molecule has 0 bridgehead atoms. The van der Waals surface area contributed by atoms with Crippen LogP contribution in [0.2, 0.25) is 0 Å². The molecule has 0 aliphatic carbocycles. The van der Waals surface area contributed by atoms with Gasteiger partial charge in [-0.25, -0.2) is 0 Å². The number of aromatic hydroxyl groups is 4. The molecule has 0 unspecified atom stereocenters. The molecule has 149 valence electrons. The van der Waals surface area contributed by atoms with E-state index in [4.69, 9.17) is 0 Å². The van der Waals surface area contributed by atoms with Crippen molar-refractivity contribution in [2.24, 2.45) is 0 Å². The van der Waals surface area contributed by atoms with Crippen LogP contribution in [-0.2, 0) is 5.41 Å². The zero-order valence-electron chi connectivity index (χ0n) is 16.1. The van der Waals surface area contributed by atoms with Crippen LogP contribution in [0.4, 0.5) is 0 Å². The van der Waals surface area contributed by atoms with Crippen LogP contribution >= 0.6 is 0 Å². The number of hydrogen-bond donors (Lipinski definition) is 4. The summed E-state index contributed by atoms with van der Waals surface area (Å²) in [5, 5.41) is 39.3. The Morgan fingerprint density at radius 3 is 0.967 bits per heavy atom. The Balaban J connectivity index is 2.00. The molecule has 0 fully saturated rings. The maximum atomic E-state index is 9.85. The zero-order valence-corrected chi connectivity index (χ0v) is 16.1. The third-order valence-electron chi connectivity index (χ3n) is 5.24. The Bertz CT molecular complexity index is 1000. The number of phenols is 4. The van der Waals surface area contributed by atoms with Crippen LogP contribution in [0.3, 0.4) is 0 Å². The summed E-state index contributed by atoms with van der Waals surface area (Å²) in [5.41, 5.74) is 2.77. The summed E-state index contributed by atoms with van der Waals surface area (Å²) in [6.45, 7) is 0. The van der Waals surface area contributed by atoms with E-state index in [0.717, 1.165) is 22.3 Å². The van der Waals surface area contributed by atoms with E-state index >= 15 is 0 Å². The minimum atomic E-state index is -0.786. The maximum absolute atomic E-state index is 9.85. The Labute approximate surface area is 175 Å². The van der Waals surface area contributed by atoms with Crippen molar-refractivity contribution in [3.05, 3.63) is 126 Å². The highest BCUT2D eigenvalue weighted by Crippen LogP contribution is 2.44. The molecule has 4 rings (SSSR count). The molecule has 0 aliphatic rings. The molecule has 0 spiro atoms. The first kappa shape index (κ1) is 19.4. The van der Waals surface area contributed by atoms with E-state index in [1.54, 1.807) is 48.5 Å². The third-order valence-corrected chi connectivity index (χ3v) is 5.24. The van der Waals surface area contributed by atoms with Crippen molar-refractivity contribution < 1.29 is 20.4 Å². The van der Waals surface area contributed by atoms with Gasteiger partial charge in [-0.05, 0) is 70.8 Å². The van der Waals surface area contributed by atoms with Crippen molar-refractivity contribution >= 4 is 0 Å². The quantitative estimate of drug-likeness (QED) is 0.353. The van der Waals surface area contributed by atoms with Crippen LogP contribution in [0.5, 0.6) is 23.0 Å². The first-order valence-electron chi connectivity index (χ1n) is 9.51. The highest BCUT2D eigenvalue weighted by Gasteiger charge is 2.37. The molecule has 0 saturated heterocycles. The third kappa shape index (κ3) is 3.67. The van der Waals surface area contributed by atoms with E-state index in [0.29, 0.717) is 0 Å². The van der Waals surface area contributed by atoms with E-state index in [1.165, 1.54) is 0 Å². The molecule has 0 amide bonds. The maximum Gasteiger partial charge on any atom is 0.115 e. The minimum absolute atomic E-state index is 0.161. The molecule has 4 heteroatoms. The smallest absolute Gasteiger partial charge is 0.115 e. The first-order valence-corrected chi connectivity index (χ1v) is 9.51. The van der Waals surface area contributed by atoms with Crippen LogP contribution in [0.1, 0.15) is 22.3 Å². The lowest BCUT2D eigenvalue weighted by molar-refractivity contribution is 0.473. The fraction of sp³-hybridized carbons (Fsp3) is 0.0385. The van der Waals surface area contributed by atoms with Gasteiger partial charge in [-0.15, -0.1) is 0 Å². The van der Waals surface area contributed by atoms with E-state index in [1.807, 2.05) is 48.5 Å². The zero-order chi connectivity index (χ0) is 21.1. The lowest BCUT2D eigenvalue weighted by atomic mass is 9.66. The highest BCUT2D eigenvalue weighted by molar-refractivity contribution is 5.58. The normalized spacial score (nSPS) is 11.3. The largest absolute Gasteiger partial charge is 0.508 e. The van der Waals surface area contributed by atoms with Gasteiger partial charge in [0.2, 0.25) is 0 Å². The number of benzene rings is 4. The molecule has 0 saturated carbocycles. The van der Waals surface area contributed by atoms with Gasteiger partial charge in [0.1, 0.15) is 23.0 Å². The number of hydrogen-bond acceptors (Lipinski definition) is 4. The molecule has 4 nitrogen and oxygen atoms in total. The second-order valence-corrected chi connectivity index (χ2v) is 7.18. The lowest BCUT2D eigenvalue weighted by Crippen LogP contribution is -2.30. The van der Waals surface area contributed by atoms with Gasteiger partial charge < -0.3 is 20.4 Å². The Hall–Kier alpha value is -3.92. The summed E-state index contributed by atoms with van der Waals surface area (Å²) in [6.07, 6.45) is 2.07. The number of rotatable bonds is 5. The molecule has 0 aliphatic heterocycles. The fourth-order valence-electron chi connectivity index (χ4n) is 3.74. The summed E-state index contributed by atoms with van der Waals surface area (Å²) in [4.78, 5) is 0. The highest BCUT2D eigenvalue weighted by atomic mass is 16.3. The predicted octanol–water partition coefficient (Wildman–Crippen LogP) is 5.10. The van der Waals surface area contributed by atoms with E-state index in [-0.39, 0.29) is 23.0 Å². The Morgan fingerprint density at radius 2 is 0.667 bits per heavy atom. The van der Waals surface area contributed by atoms with Crippen LogP contribution in [-0.4, -0.2) is 20.4 Å². The van der Waals surface area contributed by atoms with Gasteiger partial charge in [-0.1, -0.05) is 48.5 Å². The molecule has 4 N–H and O–H groups in total. The first-order chi connectivity index (χ1) is 14.5. The standard InChI is InChI=1S/C26H21O4/c27-22-9-1-18(2-10-22)17-26(19-3-11-23(28)12-4-19,20-5-13-24(29)14-6-20)21-7-15-25(30)16-8-21/h1-17,27-30H. The summed E-state index contributed by atoms with van der Waals surface area (Å²) < 4.78 is 0. The molecule has 0 heterocycles. The van der Waals surface area contributed by atoms with Gasteiger partial charge in [0, 0.05) is 6.42 Å². The van der Waals surface area contributed by atoms with E-state index in [9.17, 15) is 20.4 Å². The van der Waals surface area contributed by atoms with Gasteiger partial charge in [-0.3, -0.25) is 0 Å². The van der Waals surface area contributed by atoms with Gasteiger partial charge in [0.15, 0.2) is 0 Å². The van der Waals surface area contributed by atoms with Gasteiger partial charge >= 0.3 is 0 Å². The summed E-state index contributed by atoms with van der Waals surface area (Å²) >= 11 is 0. The summed E-state index contributed by atoms with van der Waals surface area (Å²) in [5.74, 6) is 0.660. The van der Waals surface area contributed by atoms with Crippen molar-refractivity contribution in [3.8, 4) is 23.0 Å². The average Bonchev–Trinajstić information content (AvgIpc) is 2.75. The summed E-state index contributed by atoms with van der Waals surface area (Å²) in [6, 6.07) is 27.8. The van der Waals surface area contributed by atoms with Gasteiger partial charge in [0.25, 0.3) is 0 Å².